The fourth-order valence-electron chi connectivity index (χ4n) is 8.72. The summed E-state index contributed by atoms with van der Waals surface area (Å²) < 4.78 is 4.75. The molecule has 0 unspecified atom stereocenters. The average molecular weight is 678 g/mol. The SMILES string of the molecule is c1ccc(C2(c3ccccc3)c3cc(-n4c5ccccc5c5ccccc54)ccc3-n3c(-c4cccc(-c5ccccn5)n4)nc4cccc2c43)cc1. The van der Waals surface area contributed by atoms with Crippen molar-refractivity contribution in [2.45, 2.75) is 5.41 Å². The molecule has 5 nitrogen and oxygen atoms in total. The third kappa shape index (κ3) is 4.22. The summed E-state index contributed by atoms with van der Waals surface area (Å²) in [7, 11) is 0. The predicted molar refractivity (Wildman–Crippen MR) is 214 cm³/mol. The Balaban J connectivity index is 1.28. The number of para-hydroxylation sites is 3. The molecule has 0 aliphatic carbocycles. The highest BCUT2D eigenvalue weighted by Crippen LogP contribution is 2.54. The van der Waals surface area contributed by atoms with Gasteiger partial charge in [-0.3, -0.25) is 9.55 Å². The molecule has 5 heterocycles. The summed E-state index contributed by atoms with van der Waals surface area (Å²) in [5, 5.41) is 2.47. The summed E-state index contributed by atoms with van der Waals surface area (Å²) in [5.41, 5.74) is 13.1. The van der Waals surface area contributed by atoms with Gasteiger partial charge in [-0.05, 0) is 82.9 Å². The second-order valence-corrected chi connectivity index (χ2v) is 13.6. The molecule has 4 aromatic heterocycles. The summed E-state index contributed by atoms with van der Waals surface area (Å²) in [6.07, 6.45) is 1.81. The summed E-state index contributed by atoms with van der Waals surface area (Å²) in [4.78, 5) is 15.1. The molecule has 0 bridgehead atoms. The standard InChI is InChI=1S/C48H31N5/c1-3-15-32(16-4-1)48(33-17-5-2-6-18-33)37-21-13-24-41-46(37)53(47(51-41)42-25-14-23-40(50-42)39-22-11-12-30-49-39)45-29-28-34(31-38(45)48)52-43-26-9-7-19-35(43)36-20-8-10-27-44(36)52/h1-31H. The molecule has 53 heavy (non-hydrogen) atoms. The van der Waals surface area contributed by atoms with Crippen molar-refractivity contribution < 1.29 is 0 Å². The maximum atomic E-state index is 5.37. The first-order chi connectivity index (χ1) is 26.3. The number of imidazole rings is 1. The maximum Gasteiger partial charge on any atom is 0.164 e. The molecular weight excluding hydrogens is 647 g/mol. The summed E-state index contributed by atoms with van der Waals surface area (Å²) in [6.45, 7) is 0. The third-order valence-electron chi connectivity index (χ3n) is 10.9. The first kappa shape index (κ1) is 29.6. The van der Waals surface area contributed by atoms with E-state index in [2.05, 4.69) is 166 Å². The van der Waals surface area contributed by atoms with Gasteiger partial charge in [-0.1, -0.05) is 121 Å². The van der Waals surface area contributed by atoms with Gasteiger partial charge in [0.05, 0.1) is 44.6 Å². The fourth-order valence-corrected chi connectivity index (χ4v) is 8.72. The Labute approximate surface area is 306 Å². The molecule has 0 radical (unpaired) electrons. The highest BCUT2D eigenvalue weighted by Gasteiger charge is 2.46. The Hall–Kier alpha value is -7.11. The van der Waals surface area contributed by atoms with Gasteiger partial charge in [0.1, 0.15) is 5.69 Å². The molecule has 6 aromatic carbocycles. The Morgan fingerprint density at radius 2 is 1.06 bits per heavy atom. The van der Waals surface area contributed by atoms with E-state index in [9.17, 15) is 0 Å². The molecule has 248 valence electrons. The van der Waals surface area contributed by atoms with Crippen molar-refractivity contribution in [2.24, 2.45) is 0 Å². The van der Waals surface area contributed by atoms with Crippen LogP contribution in [-0.4, -0.2) is 24.1 Å². The first-order valence-corrected chi connectivity index (χ1v) is 18.0. The van der Waals surface area contributed by atoms with Crippen LogP contribution in [0, 0.1) is 0 Å². The summed E-state index contributed by atoms with van der Waals surface area (Å²) >= 11 is 0. The zero-order chi connectivity index (χ0) is 34.9. The van der Waals surface area contributed by atoms with Gasteiger partial charge < -0.3 is 4.57 Å². The molecule has 0 spiro atoms. The lowest BCUT2D eigenvalue weighted by Gasteiger charge is -2.41. The first-order valence-electron chi connectivity index (χ1n) is 18.0. The van der Waals surface area contributed by atoms with Crippen molar-refractivity contribution in [1.29, 1.82) is 0 Å². The second kappa shape index (κ2) is 11.5. The van der Waals surface area contributed by atoms with Gasteiger partial charge >= 0.3 is 0 Å². The minimum atomic E-state index is -0.650. The van der Waals surface area contributed by atoms with Gasteiger partial charge in [0.2, 0.25) is 0 Å². The van der Waals surface area contributed by atoms with E-state index < -0.39 is 5.41 Å². The van der Waals surface area contributed by atoms with Crippen molar-refractivity contribution in [3.8, 4) is 34.3 Å². The zero-order valence-corrected chi connectivity index (χ0v) is 28.6. The molecule has 0 fully saturated rings. The van der Waals surface area contributed by atoms with E-state index in [-0.39, 0.29) is 0 Å². The van der Waals surface area contributed by atoms with E-state index in [1.165, 1.54) is 44.1 Å². The van der Waals surface area contributed by atoms with E-state index in [1.54, 1.807) is 6.20 Å². The van der Waals surface area contributed by atoms with Gasteiger partial charge in [0, 0.05) is 22.7 Å². The molecule has 0 saturated heterocycles. The second-order valence-electron chi connectivity index (χ2n) is 13.6. The van der Waals surface area contributed by atoms with Crippen LogP contribution in [0.3, 0.4) is 0 Å². The van der Waals surface area contributed by atoms with Gasteiger partial charge in [0.25, 0.3) is 0 Å². The molecule has 1 aliphatic heterocycles. The summed E-state index contributed by atoms with van der Waals surface area (Å²) in [5.74, 6) is 0.797. The van der Waals surface area contributed by atoms with Crippen molar-refractivity contribution in [3.05, 3.63) is 210 Å². The lowest BCUT2D eigenvalue weighted by molar-refractivity contribution is 0.724. The van der Waals surface area contributed by atoms with Gasteiger partial charge in [-0.2, -0.15) is 0 Å². The lowest BCUT2D eigenvalue weighted by Crippen LogP contribution is -2.35. The third-order valence-corrected chi connectivity index (χ3v) is 10.9. The molecule has 0 saturated carbocycles. The van der Waals surface area contributed by atoms with Crippen LogP contribution in [-0.2, 0) is 5.41 Å². The highest BCUT2D eigenvalue weighted by molar-refractivity contribution is 6.09. The molecule has 0 amide bonds. The molecule has 0 N–H and O–H groups in total. The number of aromatic nitrogens is 5. The quantitative estimate of drug-likeness (QED) is 0.182. The van der Waals surface area contributed by atoms with Crippen LogP contribution in [0.1, 0.15) is 22.3 Å². The number of fused-ring (bicyclic) bond motifs is 5. The Morgan fingerprint density at radius 1 is 0.434 bits per heavy atom. The number of hydrogen-bond donors (Lipinski definition) is 0. The van der Waals surface area contributed by atoms with Crippen LogP contribution in [0.5, 0.6) is 0 Å². The van der Waals surface area contributed by atoms with E-state index in [0.29, 0.717) is 0 Å². The fraction of sp³-hybridized carbons (Fsp3) is 0.0208. The van der Waals surface area contributed by atoms with E-state index >= 15 is 0 Å². The smallest absolute Gasteiger partial charge is 0.164 e. The topological polar surface area (TPSA) is 48.5 Å². The van der Waals surface area contributed by atoms with Crippen molar-refractivity contribution in [3.63, 3.8) is 0 Å². The van der Waals surface area contributed by atoms with Crippen molar-refractivity contribution in [1.82, 2.24) is 24.1 Å². The van der Waals surface area contributed by atoms with Crippen LogP contribution in [0.2, 0.25) is 0 Å². The highest BCUT2D eigenvalue weighted by atomic mass is 15.1. The number of pyridine rings is 2. The molecule has 5 heteroatoms. The maximum absolute atomic E-state index is 5.37. The largest absolute Gasteiger partial charge is 0.309 e. The Kier molecular flexibility index (Phi) is 6.40. The van der Waals surface area contributed by atoms with Crippen LogP contribution in [0.25, 0.3) is 67.1 Å². The van der Waals surface area contributed by atoms with Gasteiger partial charge in [-0.25, -0.2) is 9.97 Å². The summed E-state index contributed by atoms with van der Waals surface area (Å²) in [6, 6.07) is 64.9. The van der Waals surface area contributed by atoms with Crippen LogP contribution >= 0.6 is 0 Å². The minimum Gasteiger partial charge on any atom is -0.309 e. The van der Waals surface area contributed by atoms with Gasteiger partial charge in [-0.15, -0.1) is 0 Å². The number of hydrogen-bond acceptors (Lipinski definition) is 3. The number of nitrogens with zero attached hydrogens (tertiary/aromatic N) is 5. The average Bonchev–Trinajstić information content (AvgIpc) is 3.79. The molecule has 10 aromatic rings. The Morgan fingerprint density at radius 3 is 1.75 bits per heavy atom. The predicted octanol–water partition coefficient (Wildman–Crippen LogP) is 10.9. The molecule has 0 atom stereocenters. The lowest BCUT2D eigenvalue weighted by atomic mass is 9.63. The van der Waals surface area contributed by atoms with Crippen LogP contribution in [0.4, 0.5) is 0 Å². The van der Waals surface area contributed by atoms with Crippen LogP contribution in [0.15, 0.2) is 188 Å². The van der Waals surface area contributed by atoms with Crippen LogP contribution < -0.4 is 0 Å². The zero-order valence-electron chi connectivity index (χ0n) is 28.6. The number of benzene rings is 6. The number of rotatable bonds is 5. The van der Waals surface area contributed by atoms with Crippen molar-refractivity contribution in [2.75, 3.05) is 0 Å². The Bertz CT molecular complexity index is 2900. The monoisotopic (exact) mass is 677 g/mol. The minimum absolute atomic E-state index is 0.650. The molecular formula is C48H31N5. The molecule has 1 aliphatic rings. The van der Waals surface area contributed by atoms with Crippen molar-refractivity contribution >= 4 is 32.8 Å². The van der Waals surface area contributed by atoms with E-state index in [0.717, 1.165) is 45.3 Å². The van der Waals surface area contributed by atoms with E-state index in [4.69, 9.17) is 9.97 Å². The normalized spacial score (nSPS) is 13.1. The van der Waals surface area contributed by atoms with E-state index in [1.807, 2.05) is 30.3 Å². The van der Waals surface area contributed by atoms with Gasteiger partial charge in [0.15, 0.2) is 5.82 Å². The molecule has 11 rings (SSSR count).